The van der Waals surface area contributed by atoms with Crippen molar-refractivity contribution in [3.8, 4) is 0 Å². The van der Waals surface area contributed by atoms with Gasteiger partial charge in [0.2, 0.25) is 11.9 Å². The molecule has 2 aliphatic heterocycles. The molecule has 0 saturated carbocycles. The third-order valence-corrected chi connectivity index (χ3v) is 4.66. The highest BCUT2D eigenvalue weighted by atomic mass is 16.5. The Bertz CT molecular complexity index is 498. The molecule has 0 unspecified atom stereocenters. The number of anilines is 2. The minimum Gasteiger partial charge on any atom is -0.379 e. The maximum Gasteiger partial charge on any atom is 0.230 e. The molecule has 134 valence electrons. The average Bonchev–Trinajstić information content (AvgIpc) is 2.89. The molecule has 24 heavy (non-hydrogen) atoms. The number of hydrogen-bond acceptors (Lipinski definition) is 7. The van der Waals surface area contributed by atoms with Gasteiger partial charge in [0.1, 0.15) is 5.82 Å². The normalized spacial score (nSPS) is 20.0. The third-order valence-electron chi connectivity index (χ3n) is 4.66. The lowest BCUT2D eigenvalue weighted by Crippen LogP contribution is -2.37. The summed E-state index contributed by atoms with van der Waals surface area (Å²) in [6.07, 6.45) is 6.17. The number of aryl methyl sites for hydroxylation is 1. The fourth-order valence-electron chi connectivity index (χ4n) is 3.29. The molecule has 0 amide bonds. The zero-order valence-corrected chi connectivity index (χ0v) is 14.8. The van der Waals surface area contributed by atoms with Crippen molar-refractivity contribution >= 4 is 11.9 Å². The van der Waals surface area contributed by atoms with Gasteiger partial charge in [-0.2, -0.15) is 15.0 Å². The van der Waals surface area contributed by atoms with Crippen LogP contribution < -0.4 is 10.2 Å². The standard InChI is InChI=1S/C17H30N6O/c1-15-19-16(18-7-6-8-22-11-13-24-14-12-22)21-17(20-15)23-9-4-2-3-5-10-23/h2-14H2,1H3,(H,18,19,20,21). The van der Waals surface area contributed by atoms with E-state index in [9.17, 15) is 0 Å². The second-order valence-electron chi connectivity index (χ2n) is 6.64. The van der Waals surface area contributed by atoms with E-state index in [1.807, 2.05) is 6.92 Å². The Balaban J connectivity index is 1.49. The van der Waals surface area contributed by atoms with Crippen molar-refractivity contribution in [3.05, 3.63) is 5.82 Å². The maximum atomic E-state index is 5.38. The quantitative estimate of drug-likeness (QED) is 0.794. The molecule has 2 fully saturated rings. The summed E-state index contributed by atoms with van der Waals surface area (Å²) in [6, 6.07) is 0. The summed E-state index contributed by atoms with van der Waals surface area (Å²) in [5.74, 6) is 2.34. The van der Waals surface area contributed by atoms with Gasteiger partial charge in [0.25, 0.3) is 0 Å². The number of morpholine rings is 1. The van der Waals surface area contributed by atoms with Gasteiger partial charge in [0, 0.05) is 32.7 Å². The van der Waals surface area contributed by atoms with Crippen molar-refractivity contribution in [1.29, 1.82) is 0 Å². The Morgan fingerprint density at radius 3 is 2.46 bits per heavy atom. The first-order valence-corrected chi connectivity index (χ1v) is 9.33. The van der Waals surface area contributed by atoms with Crippen LogP contribution in [0.5, 0.6) is 0 Å². The summed E-state index contributed by atoms with van der Waals surface area (Å²) in [5.41, 5.74) is 0. The highest BCUT2D eigenvalue weighted by Gasteiger charge is 2.14. The largest absolute Gasteiger partial charge is 0.379 e. The molecule has 0 aliphatic carbocycles. The van der Waals surface area contributed by atoms with Gasteiger partial charge in [-0.3, -0.25) is 4.90 Å². The second-order valence-corrected chi connectivity index (χ2v) is 6.64. The van der Waals surface area contributed by atoms with Crippen LogP contribution in [0.15, 0.2) is 0 Å². The van der Waals surface area contributed by atoms with Crippen LogP contribution in [0.2, 0.25) is 0 Å². The number of hydrogen-bond donors (Lipinski definition) is 1. The predicted molar refractivity (Wildman–Crippen MR) is 95.6 cm³/mol. The summed E-state index contributed by atoms with van der Waals surface area (Å²) in [4.78, 5) is 18.4. The summed E-state index contributed by atoms with van der Waals surface area (Å²) in [5, 5.41) is 3.37. The fourth-order valence-corrected chi connectivity index (χ4v) is 3.29. The van der Waals surface area contributed by atoms with E-state index in [0.29, 0.717) is 5.95 Å². The Hall–Kier alpha value is -1.47. The van der Waals surface area contributed by atoms with E-state index in [-0.39, 0.29) is 0 Å². The lowest BCUT2D eigenvalue weighted by molar-refractivity contribution is 0.0378. The van der Waals surface area contributed by atoms with Crippen LogP contribution in [0.3, 0.4) is 0 Å². The van der Waals surface area contributed by atoms with Gasteiger partial charge in [-0.05, 0) is 32.7 Å². The lowest BCUT2D eigenvalue weighted by atomic mass is 10.2. The molecule has 1 N–H and O–H groups in total. The van der Waals surface area contributed by atoms with Crippen molar-refractivity contribution in [2.75, 3.05) is 62.7 Å². The Labute approximate surface area is 144 Å². The van der Waals surface area contributed by atoms with E-state index < -0.39 is 0 Å². The van der Waals surface area contributed by atoms with E-state index in [1.54, 1.807) is 0 Å². The van der Waals surface area contributed by atoms with Gasteiger partial charge in [-0.25, -0.2) is 0 Å². The predicted octanol–water partition coefficient (Wildman–Crippen LogP) is 1.69. The first-order valence-electron chi connectivity index (χ1n) is 9.33. The van der Waals surface area contributed by atoms with E-state index in [4.69, 9.17) is 4.74 Å². The Morgan fingerprint density at radius 1 is 0.958 bits per heavy atom. The van der Waals surface area contributed by atoms with Gasteiger partial charge in [0.05, 0.1) is 13.2 Å². The molecule has 1 aromatic rings. The number of rotatable bonds is 6. The number of nitrogens with one attached hydrogen (secondary N) is 1. The summed E-state index contributed by atoms with van der Waals surface area (Å²) < 4.78 is 5.38. The molecule has 7 heteroatoms. The second kappa shape index (κ2) is 9.13. The van der Waals surface area contributed by atoms with Crippen molar-refractivity contribution in [1.82, 2.24) is 19.9 Å². The SMILES string of the molecule is Cc1nc(NCCCN2CCOCC2)nc(N2CCCCCC2)n1. The minimum absolute atomic E-state index is 0.712. The van der Waals surface area contributed by atoms with Gasteiger partial charge in [-0.1, -0.05) is 12.8 Å². The van der Waals surface area contributed by atoms with Gasteiger partial charge < -0.3 is 15.0 Å². The molecular formula is C17H30N6O. The number of nitrogens with zero attached hydrogens (tertiary/aromatic N) is 5. The highest BCUT2D eigenvalue weighted by Crippen LogP contribution is 2.16. The zero-order valence-electron chi connectivity index (χ0n) is 14.8. The maximum absolute atomic E-state index is 5.38. The molecule has 3 heterocycles. The van der Waals surface area contributed by atoms with Crippen molar-refractivity contribution in [2.24, 2.45) is 0 Å². The zero-order chi connectivity index (χ0) is 16.6. The smallest absolute Gasteiger partial charge is 0.230 e. The van der Waals surface area contributed by atoms with Crippen molar-refractivity contribution in [3.63, 3.8) is 0 Å². The monoisotopic (exact) mass is 334 g/mol. The van der Waals surface area contributed by atoms with E-state index in [1.165, 1.54) is 25.7 Å². The first-order chi connectivity index (χ1) is 11.8. The van der Waals surface area contributed by atoms with Crippen molar-refractivity contribution < 1.29 is 4.74 Å². The third kappa shape index (κ3) is 5.27. The molecule has 0 radical (unpaired) electrons. The van der Waals surface area contributed by atoms with Crippen LogP contribution in [0, 0.1) is 6.92 Å². The van der Waals surface area contributed by atoms with Gasteiger partial charge in [0.15, 0.2) is 0 Å². The first kappa shape index (κ1) is 17.4. The minimum atomic E-state index is 0.712. The molecule has 2 saturated heterocycles. The van der Waals surface area contributed by atoms with Crippen LogP contribution in [-0.2, 0) is 4.74 Å². The average molecular weight is 334 g/mol. The molecule has 1 aromatic heterocycles. The summed E-state index contributed by atoms with van der Waals surface area (Å²) >= 11 is 0. The molecule has 0 aromatic carbocycles. The molecule has 2 aliphatic rings. The van der Waals surface area contributed by atoms with Crippen LogP contribution in [0.4, 0.5) is 11.9 Å². The van der Waals surface area contributed by atoms with E-state index >= 15 is 0 Å². The topological polar surface area (TPSA) is 66.4 Å². The van der Waals surface area contributed by atoms with Gasteiger partial charge >= 0.3 is 0 Å². The fraction of sp³-hybridized carbons (Fsp3) is 0.824. The van der Waals surface area contributed by atoms with Crippen molar-refractivity contribution in [2.45, 2.75) is 39.0 Å². The van der Waals surface area contributed by atoms with Crippen LogP contribution >= 0.6 is 0 Å². The molecule has 0 spiro atoms. The lowest BCUT2D eigenvalue weighted by Gasteiger charge is -2.26. The Kier molecular flexibility index (Phi) is 6.60. The summed E-state index contributed by atoms with van der Waals surface area (Å²) in [6.45, 7) is 9.86. The van der Waals surface area contributed by atoms with Crippen LogP contribution in [-0.4, -0.2) is 72.3 Å². The molecule has 0 bridgehead atoms. The summed E-state index contributed by atoms with van der Waals surface area (Å²) in [7, 11) is 0. The van der Waals surface area contributed by atoms with Gasteiger partial charge in [-0.15, -0.1) is 0 Å². The van der Waals surface area contributed by atoms with E-state index in [0.717, 1.165) is 70.7 Å². The van der Waals surface area contributed by atoms with E-state index in [2.05, 4.69) is 30.1 Å². The van der Waals surface area contributed by atoms with Crippen LogP contribution in [0.1, 0.15) is 37.9 Å². The molecule has 7 nitrogen and oxygen atoms in total. The molecule has 3 rings (SSSR count). The highest BCUT2D eigenvalue weighted by molar-refractivity contribution is 5.37. The molecular weight excluding hydrogens is 304 g/mol. The molecule has 0 atom stereocenters. The number of ether oxygens (including phenoxy) is 1. The Morgan fingerprint density at radius 2 is 1.71 bits per heavy atom. The number of aromatic nitrogens is 3. The van der Waals surface area contributed by atoms with Crippen LogP contribution in [0.25, 0.3) is 0 Å².